The molecule has 174 valence electrons. The Morgan fingerprint density at radius 3 is 2.18 bits per heavy atom. The summed E-state index contributed by atoms with van der Waals surface area (Å²) in [6, 6.07) is 14.7. The summed E-state index contributed by atoms with van der Waals surface area (Å²) >= 11 is 0. The van der Waals surface area contributed by atoms with Gasteiger partial charge in [0.15, 0.2) is 6.61 Å². The normalized spacial score (nSPS) is 12.2. The predicted molar refractivity (Wildman–Crippen MR) is 126 cm³/mol. The van der Waals surface area contributed by atoms with Crippen LogP contribution in [0.15, 0.2) is 65.6 Å². The standard InChI is InChI=1S/C25H27FN2O4S/c1-16-13-18(3)24(14-17(16)2)19(4)27-25(29)15-32-22-9-11-23(12-10-22)33(30,31)28-21-7-5-20(26)6-8-21/h5-14,19,28H,15H2,1-4H3,(H,27,29)/t19-/m1/s1. The fourth-order valence-corrected chi connectivity index (χ4v) is 4.46. The maximum Gasteiger partial charge on any atom is 0.261 e. The lowest BCUT2D eigenvalue weighted by atomic mass is 9.96. The second-order valence-electron chi connectivity index (χ2n) is 7.95. The Kier molecular flexibility index (Phi) is 7.38. The zero-order chi connectivity index (χ0) is 24.2. The summed E-state index contributed by atoms with van der Waals surface area (Å²) < 4.78 is 45.9. The van der Waals surface area contributed by atoms with Crippen molar-refractivity contribution in [1.29, 1.82) is 0 Å². The number of nitrogens with one attached hydrogen (secondary N) is 2. The lowest BCUT2D eigenvalue weighted by Crippen LogP contribution is -2.31. The van der Waals surface area contributed by atoms with Crippen LogP contribution in [-0.2, 0) is 14.8 Å². The van der Waals surface area contributed by atoms with E-state index >= 15 is 0 Å². The Morgan fingerprint density at radius 1 is 0.939 bits per heavy atom. The van der Waals surface area contributed by atoms with Crippen LogP contribution in [0.3, 0.4) is 0 Å². The number of hydrogen-bond acceptors (Lipinski definition) is 4. The summed E-state index contributed by atoms with van der Waals surface area (Å²) in [6.07, 6.45) is 0. The van der Waals surface area contributed by atoms with Crippen LogP contribution < -0.4 is 14.8 Å². The maximum absolute atomic E-state index is 13.0. The first kappa shape index (κ1) is 24.3. The molecule has 3 aromatic rings. The number of aryl methyl sites for hydroxylation is 3. The summed E-state index contributed by atoms with van der Waals surface area (Å²) in [5.74, 6) is -0.377. The van der Waals surface area contributed by atoms with Crippen LogP contribution in [0.4, 0.5) is 10.1 Å². The zero-order valence-corrected chi connectivity index (χ0v) is 19.8. The van der Waals surface area contributed by atoms with Crippen LogP contribution >= 0.6 is 0 Å². The molecule has 0 aliphatic rings. The van der Waals surface area contributed by atoms with Gasteiger partial charge in [0.2, 0.25) is 0 Å². The van der Waals surface area contributed by atoms with Crippen molar-refractivity contribution in [2.45, 2.75) is 38.6 Å². The van der Waals surface area contributed by atoms with Crippen molar-refractivity contribution >= 4 is 21.6 Å². The number of amides is 1. The molecule has 6 nitrogen and oxygen atoms in total. The third-order valence-corrected chi connectivity index (χ3v) is 6.72. The smallest absolute Gasteiger partial charge is 0.261 e. The Hall–Kier alpha value is -3.39. The topological polar surface area (TPSA) is 84.5 Å². The van der Waals surface area contributed by atoms with Crippen molar-refractivity contribution in [3.05, 3.63) is 88.7 Å². The quantitative estimate of drug-likeness (QED) is 0.495. The van der Waals surface area contributed by atoms with Gasteiger partial charge in [-0.1, -0.05) is 12.1 Å². The lowest BCUT2D eigenvalue weighted by molar-refractivity contribution is -0.123. The van der Waals surface area contributed by atoms with Gasteiger partial charge in [-0.15, -0.1) is 0 Å². The summed E-state index contributed by atoms with van der Waals surface area (Å²) in [5, 5.41) is 2.92. The molecule has 1 atom stereocenters. The number of carbonyl (C=O) groups excluding carboxylic acids is 1. The van der Waals surface area contributed by atoms with Crippen molar-refractivity contribution in [1.82, 2.24) is 5.32 Å². The molecule has 0 aliphatic carbocycles. The number of halogens is 1. The second kappa shape index (κ2) is 10.0. The summed E-state index contributed by atoms with van der Waals surface area (Å²) in [5.41, 5.74) is 4.78. The highest BCUT2D eigenvalue weighted by Crippen LogP contribution is 2.22. The lowest BCUT2D eigenvalue weighted by Gasteiger charge is -2.18. The molecule has 0 heterocycles. The predicted octanol–water partition coefficient (Wildman–Crippen LogP) is 4.81. The Bertz CT molecular complexity index is 1240. The summed E-state index contributed by atoms with van der Waals surface area (Å²) in [7, 11) is -3.84. The van der Waals surface area contributed by atoms with Crippen molar-refractivity contribution in [3.63, 3.8) is 0 Å². The van der Waals surface area contributed by atoms with Crippen molar-refractivity contribution in [2.24, 2.45) is 0 Å². The van der Waals surface area contributed by atoms with Gasteiger partial charge in [0.05, 0.1) is 10.9 Å². The highest BCUT2D eigenvalue weighted by atomic mass is 32.2. The summed E-state index contributed by atoms with van der Waals surface area (Å²) in [6.45, 7) is 7.83. The number of benzene rings is 3. The highest BCUT2D eigenvalue weighted by Gasteiger charge is 2.16. The van der Waals surface area contributed by atoms with E-state index in [4.69, 9.17) is 4.74 Å². The van der Waals surface area contributed by atoms with Crippen molar-refractivity contribution in [2.75, 3.05) is 11.3 Å². The molecule has 2 N–H and O–H groups in total. The largest absolute Gasteiger partial charge is 0.484 e. The molecular weight excluding hydrogens is 443 g/mol. The van der Waals surface area contributed by atoms with Crippen molar-refractivity contribution < 1.29 is 22.3 Å². The van der Waals surface area contributed by atoms with E-state index in [9.17, 15) is 17.6 Å². The molecule has 0 aromatic heterocycles. The van der Waals surface area contributed by atoms with Gasteiger partial charge in [0.25, 0.3) is 15.9 Å². The molecule has 0 unspecified atom stereocenters. The third kappa shape index (κ3) is 6.32. The van der Waals surface area contributed by atoms with Gasteiger partial charge in [0.1, 0.15) is 11.6 Å². The number of sulfonamides is 1. The van der Waals surface area contributed by atoms with E-state index in [1.54, 1.807) is 0 Å². The van der Waals surface area contributed by atoms with E-state index in [1.807, 2.05) is 20.8 Å². The number of carbonyl (C=O) groups is 1. The van der Waals surface area contributed by atoms with Crippen LogP contribution in [-0.4, -0.2) is 20.9 Å². The zero-order valence-electron chi connectivity index (χ0n) is 19.0. The Morgan fingerprint density at radius 2 is 1.55 bits per heavy atom. The van der Waals surface area contributed by atoms with Gasteiger partial charge < -0.3 is 10.1 Å². The van der Waals surface area contributed by atoms with E-state index in [1.165, 1.54) is 54.1 Å². The molecule has 1 amide bonds. The van der Waals surface area contributed by atoms with E-state index in [2.05, 4.69) is 29.1 Å². The molecule has 0 aliphatic heterocycles. The monoisotopic (exact) mass is 470 g/mol. The molecule has 0 radical (unpaired) electrons. The number of rotatable bonds is 8. The van der Waals surface area contributed by atoms with Gasteiger partial charge in [-0.2, -0.15) is 0 Å². The van der Waals surface area contributed by atoms with E-state index in [0.717, 1.165) is 16.7 Å². The maximum atomic E-state index is 13.0. The Labute approximate surface area is 193 Å². The van der Waals surface area contributed by atoms with Crippen LogP contribution in [0, 0.1) is 26.6 Å². The van der Waals surface area contributed by atoms with Gasteiger partial charge in [-0.25, -0.2) is 12.8 Å². The fraction of sp³-hybridized carbons (Fsp3) is 0.240. The first-order valence-corrected chi connectivity index (χ1v) is 11.9. The molecule has 8 heteroatoms. The molecule has 0 saturated heterocycles. The second-order valence-corrected chi connectivity index (χ2v) is 9.64. The van der Waals surface area contributed by atoms with Gasteiger partial charge in [0, 0.05) is 5.69 Å². The first-order chi connectivity index (χ1) is 15.5. The van der Waals surface area contributed by atoms with Crippen LogP contribution in [0.1, 0.15) is 35.2 Å². The minimum absolute atomic E-state index is 0.0162. The minimum atomic E-state index is -3.84. The van der Waals surface area contributed by atoms with Crippen LogP contribution in [0.2, 0.25) is 0 Å². The molecule has 33 heavy (non-hydrogen) atoms. The first-order valence-electron chi connectivity index (χ1n) is 10.4. The fourth-order valence-electron chi connectivity index (χ4n) is 3.41. The number of ether oxygens (including phenoxy) is 1. The van der Waals surface area contributed by atoms with Gasteiger partial charge in [-0.05, 0) is 98.5 Å². The van der Waals surface area contributed by atoms with Gasteiger partial charge >= 0.3 is 0 Å². The van der Waals surface area contributed by atoms with Crippen molar-refractivity contribution in [3.8, 4) is 5.75 Å². The molecule has 0 saturated carbocycles. The number of anilines is 1. The minimum Gasteiger partial charge on any atom is -0.484 e. The van der Waals surface area contributed by atoms with E-state index < -0.39 is 15.8 Å². The number of hydrogen-bond donors (Lipinski definition) is 2. The van der Waals surface area contributed by atoms with Crippen LogP contribution in [0.25, 0.3) is 0 Å². The average molecular weight is 471 g/mol. The molecule has 3 rings (SSSR count). The van der Waals surface area contributed by atoms with E-state index in [-0.39, 0.29) is 29.1 Å². The van der Waals surface area contributed by atoms with Crippen LogP contribution in [0.5, 0.6) is 5.75 Å². The molecule has 0 fully saturated rings. The molecule has 0 bridgehead atoms. The SMILES string of the molecule is Cc1cc(C)c([C@@H](C)NC(=O)COc2ccc(S(=O)(=O)Nc3ccc(F)cc3)cc2)cc1C. The molecule has 0 spiro atoms. The van der Waals surface area contributed by atoms with E-state index in [0.29, 0.717) is 5.75 Å². The molecule has 3 aromatic carbocycles. The van der Waals surface area contributed by atoms with Gasteiger partial charge in [-0.3, -0.25) is 9.52 Å². The third-order valence-electron chi connectivity index (χ3n) is 5.33. The Balaban J connectivity index is 1.57. The average Bonchev–Trinajstić information content (AvgIpc) is 2.76. The highest BCUT2D eigenvalue weighted by molar-refractivity contribution is 7.92. The molecular formula is C25H27FN2O4S. The summed E-state index contributed by atoms with van der Waals surface area (Å²) in [4.78, 5) is 12.4.